The molecule has 0 bridgehead atoms. The molecule has 0 aliphatic heterocycles. The van der Waals surface area contributed by atoms with Gasteiger partial charge in [0.15, 0.2) is 0 Å². The molecule has 1 aromatic heterocycles. The zero-order valence-corrected chi connectivity index (χ0v) is 7.29. The van der Waals surface area contributed by atoms with Gasteiger partial charge in [0, 0.05) is 11.6 Å². The monoisotopic (exact) mass is 202 g/mol. The zero-order valence-electron chi connectivity index (χ0n) is 7.29. The van der Waals surface area contributed by atoms with Crippen molar-refractivity contribution < 1.29 is 18.7 Å². The Balaban J connectivity index is 3.31. The fourth-order valence-electron chi connectivity index (χ4n) is 0.926. The van der Waals surface area contributed by atoms with Crippen LogP contribution in [0.4, 0.5) is 8.78 Å². The molecule has 1 rings (SSSR count). The Morgan fingerprint density at radius 2 is 2.21 bits per heavy atom. The summed E-state index contributed by atoms with van der Waals surface area (Å²) in [5.41, 5.74) is 2.92. The van der Waals surface area contributed by atoms with Gasteiger partial charge >= 0.3 is 5.97 Å². The van der Waals surface area contributed by atoms with Crippen LogP contribution in [0.25, 0.3) is 0 Å². The number of carboxylic acid groups (broad SMARTS) is 1. The first-order valence-electron chi connectivity index (χ1n) is 3.69. The molecule has 0 aliphatic carbocycles. The third-order valence-corrected chi connectivity index (χ3v) is 1.83. The smallest absolute Gasteiger partial charge is 0.328 e. The molecule has 0 unspecified atom stereocenters. The molecule has 76 valence electrons. The lowest BCUT2D eigenvalue weighted by molar-refractivity contribution is -0.143. The molecular weight excluding hydrogens is 194 g/mol. The van der Waals surface area contributed by atoms with Crippen LogP contribution in [0.15, 0.2) is 12.3 Å². The zero-order chi connectivity index (χ0) is 10.9. The molecule has 0 fully saturated rings. The minimum atomic E-state index is -1.96. The molecule has 0 spiro atoms. The normalized spacial score (nSPS) is 14.9. The van der Waals surface area contributed by atoms with Gasteiger partial charge in [-0.05, 0) is 6.92 Å². The topological polar surface area (TPSA) is 76.2 Å². The maximum Gasteiger partial charge on any atom is 0.328 e. The van der Waals surface area contributed by atoms with Crippen molar-refractivity contribution in [2.45, 2.75) is 12.5 Å². The Hall–Kier alpha value is -1.56. The highest BCUT2D eigenvalue weighted by Gasteiger charge is 2.33. The molecule has 0 amide bonds. The lowest BCUT2D eigenvalue weighted by atomic mass is 9.94. The van der Waals surface area contributed by atoms with Crippen molar-refractivity contribution >= 4 is 5.97 Å². The first-order valence-corrected chi connectivity index (χ1v) is 3.69. The number of hydrogen-bond donors (Lipinski definition) is 2. The van der Waals surface area contributed by atoms with Crippen LogP contribution in [0.5, 0.6) is 0 Å². The number of aliphatic carboxylic acids is 1. The number of nitrogens with two attached hydrogens (primary N) is 1. The van der Waals surface area contributed by atoms with Crippen LogP contribution >= 0.6 is 0 Å². The molecule has 3 N–H and O–H groups in total. The van der Waals surface area contributed by atoms with E-state index in [4.69, 9.17) is 10.8 Å². The highest BCUT2D eigenvalue weighted by atomic mass is 19.1. The number of carboxylic acids is 1. The number of aromatic nitrogens is 1. The van der Waals surface area contributed by atoms with Gasteiger partial charge in [0.05, 0.1) is 6.20 Å². The summed E-state index contributed by atoms with van der Waals surface area (Å²) in [6, 6.07) is 0.670. The number of hydrogen-bond acceptors (Lipinski definition) is 3. The highest BCUT2D eigenvalue weighted by Crippen LogP contribution is 2.21. The molecule has 1 atom stereocenters. The van der Waals surface area contributed by atoms with Gasteiger partial charge in [0.2, 0.25) is 5.95 Å². The molecule has 0 aromatic carbocycles. The number of pyridine rings is 1. The van der Waals surface area contributed by atoms with Crippen molar-refractivity contribution in [3.8, 4) is 0 Å². The lowest BCUT2D eigenvalue weighted by Gasteiger charge is -2.19. The van der Waals surface area contributed by atoms with E-state index in [-0.39, 0.29) is 0 Å². The maximum atomic E-state index is 13.1. The van der Waals surface area contributed by atoms with E-state index in [1.54, 1.807) is 0 Å². The second-order valence-corrected chi connectivity index (χ2v) is 2.99. The van der Waals surface area contributed by atoms with Crippen LogP contribution in [0, 0.1) is 11.8 Å². The predicted octanol–water partition coefficient (Wildman–Crippen LogP) is 0.618. The van der Waals surface area contributed by atoms with E-state index in [0.29, 0.717) is 12.3 Å². The number of halogens is 2. The van der Waals surface area contributed by atoms with Gasteiger partial charge in [-0.2, -0.15) is 4.39 Å². The summed E-state index contributed by atoms with van der Waals surface area (Å²) >= 11 is 0. The van der Waals surface area contributed by atoms with E-state index < -0.39 is 28.8 Å². The van der Waals surface area contributed by atoms with Crippen LogP contribution in [-0.2, 0) is 10.3 Å². The third kappa shape index (κ3) is 1.69. The molecule has 0 saturated carbocycles. The Bertz CT molecular complexity index is 380. The molecule has 0 saturated heterocycles. The summed E-state index contributed by atoms with van der Waals surface area (Å²) in [6.07, 6.45) is 0.596. The molecule has 1 heterocycles. The van der Waals surface area contributed by atoms with Gasteiger partial charge in [-0.3, -0.25) is 0 Å². The van der Waals surface area contributed by atoms with Gasteiger partial charge in [0.25, 0.3) is 0 Å². The Labute approximate surface area is 78.4 Å². The van der Waals surface area contributed by atoms with Gasteiger partial charge < -0.3 is 10.8 Å². The first-order chi connectivity index (χ1) is 6.35. The number of nitrogens with zero attached hydrogens (tertiary/aromatic N) is 1. The maximum absolute atomic E-state index is 13.1. The van der Waals surface area contributed by atoms with Crippen molar-refractivity contribution in [3.05, 3.63) is 29.6 Å². The molecule has 4 nitrogen and oxygen atoms in total. The minimum Gasteiger partial charge on any atom is -0.480 e. The van der Waals surface area contributed by atoms with E-state index in [0.717, 1.165) is 6.92 Å². The summed E-state index contributed by atoms with van der Waals surface area (Å²) in [5, 5.41) is 8.68. The largest absolute Gasteiger partial charge is 0.480 e. The van der Waals surface area contributed by atoms with Crippen LogP contribution < -0.4 is 5.73 Å². The Morgan fingerprint density at radius 1 is 1.64 bits per heavy atom. The summed E-state index contributed by atoms with van der Waals surface area (Å²) < 4.78 is 25.7. The van der Waals surface area contributed by atoms with E-state index in [9.17, 15) is 13.6 Å². The fraction of sp³-hybridized carbons (Fsp3) is 0.250. The third-order valence-electron chi connectivity index (χ3n) is 1.83. The quantitative estimate of drug-likeness (QED) is 0.689. The summed E-state index contributed by atoms with van der Waals surface area (Å²) in [7, 11) is 0. The van der Waals surface area contributed by atoms with E-state index in [1.807, 2.05) is 0 Å². The summed E-state index contributed by atoms with van der Waals surface area (Å²) in [4.78, 5) is 13.7. The van der Waals surface area contributed by atoms with Gasteiger partial charge in [0.1, 0.15) is 11.4 Å². The molecule has 0 aliphatic rings. The standard InChI is InChI=1S/C8H8F2N2O2/c1-8(11,7(13)14)4-2-6(10)12-3-5(4)9/h2-3H,11H2,1H3,(H,13,14)/t8-/m1/s1. The van der Waals surface area contributed by atoms with Gasteiger partial charge in [-0.1, -0.05) is 0 Å². The average Bonchev–Trinajstić information content (AvgIpc) is 2.08. The average molecular weight is 202 g/mol. The van der Waals surface area contributed by atoms with Gasteiger partial charge in [-0.15, -0.1) is 0 Å². The predicted molar refractivity (Wildman–Crippen MR) is 43.3 cm³/mol. The lowest BCUT2D eigenvalue weighted by Crippen LogP contribution is -2.42. The second kappa shape index (κ2) is 3.30. The van der Waals surface area contributed by atoms with E-state index >= 15 is 0 Å². The van der Waals surface area contributed by atoms with Crippen molar-refractivity contribution in [2.24, 2.45) is 5.73 Å². The number of carbonyl (C=O) groups is 1. The SMILES string of the molecule is C[C@](N)(C(=O)O)c1cc(F)ncc1F. The molecule has 0 radical (unpaired) electrons. The van der Waals surface area contributed by atoms with Crippen LogP contribution in [0.2, 0.25) is 0 Å². The first kappa shape index (κ1) is 10.5. The molecule has 6 heteroatoms. The van der Waals surface area contributed by atoms with Crippen LogP contribution in [0.3, 0.4) is 0 Å². The van der Waals surface area contributed by atoms with Crippen molar-refractivity contribution in [1.82, 2.24) is 4.98 Å². The molecule has 1 aromatic rings. The molecule has 14 heavy (non-hydrogen) atoms. The Kier molecular flexibility index (Phi) is 2.48. The van der Waals surface area contributed by atoms with E-state index in [2.05, 4.69) is 4.98 Å². The van der Waals surface area contributed by atoms with Crippen molar-refractivity contribution in [3.63, 3.8) is 0 Å². The number of rotatable bonds is 2. The summed E-state index contributed by atoms with van der Waals surface area (Å²) in [5.74, 6) is -3.36. The minimum absolute atomic E-state index is 0.433. The second-order valence-electron chi connectivity index (χ2n) is 2.99. The Morgan fingerprint density at radius 3 is 2.71 bits per heavy atom. The van der Waals surface area contributed by atoms with Crippen molar-refractivity contribution in [1.29, 1.82) is 0 Å². The fourth-order valence-corrected chi connectivity index (χ4v) is 0.926. The highest BCUT2D eigenvalue weighted by molar-refractivity contribution is 5.79. The molecular formula is C8H8F2N2O2. The van der Waals surface area contributed by atoms with Crippen LogP contribution in [0.1, 0.15) is 12.5 Å². The van der Waals surface area contributed by atoms with Crippen molar-refractivity contribution in [2.75, 3.05) is 0 Å². The van der Waals surface area contributed by atoms with Crippen LogP contribution in [-0.4, -0.2) is 16.1 Å². The van der Waals surface area contributed by atoms with E-state index in [1.165, 1.54) is 0 Å². The summed E-state index contributed by atoms with van der Waals surface area (Å²) in [6.45, 7) is 1.08. The van der Waals surface area contributed by atoms with Gasteiger partial charge in [-0.25, -0.2) is 14.2 Å².